The first-order chi connectivity index (χ1) is 9.56. The van der Waals surface area contributed by atoms with Gasteiger partial charge in [-0.25, -0.2) is 13.1 Å². The number of hydrogen-bond donors (Lipinski definition) is 2. The Labute approximate surface area is 119 Å². The smallest absolute Gasteiger partial charge is 0.240 e. The van der Waals surface area contributed by atoms with Gasteiger partial charge in [0.25, 0.3) is 0 Å². The van der Waals surface area contributed by atoms with Crippen LogP contribution in [-0.2, 0) is 10.0 Å². The quantitative estimate of drug-likeness (QED) is 0.878. The molecule has 2 bridgehead atoms. The number of sulfonamides is 1. The van der Waals surface area contributed by atoms with Crippen LogP contribution in [0.1, 0.15) is 25.7 Å². The summed E-state index contributed by atoms with van der Waals surface area (Å²) in [6.45, 7) is 0. The van der Waals surface area contributed by atoms with Crippen LogP contribution in [-0.4, -0.2) is 33.7 Å². The molecule has 1 aromatic carbocycles. The predicted molar refractivity (Wildman–Crippen MR) is 76.3 cm³/mol. The molecule has 2 N–H and O–H groups in total. The molecule has 5 nitrogen and oxygen atoms in total. The second kappa shape index (κ2) is 5.35. The largest absolute Gasteiger partial charge is 0.497 e. The van der Waals surface area contributed by atoms with E-state index in [2.05, 4.69) is 10.0 Å². The molecule has 0 saturated carbocycles. The zero-order valence-corrected chi connectivity index (χ0v) is 12.3. The van der Waals surface area contributed by atoms with Crippen molar-refractivity contribution in [1.29, 1.82) is 0 Å². The number of ether oxygens (including phenoxy) is 1. The van der Waals surface area contributed by atoms with Gasteiger partial charge in [-0.2, -0.15) is 0 Å². The predicted octanol–water partition coefficient (Wildman–Crippen LogP) is 1.26. The van der Waals surface area contributed by atoms with E-state index in [1.54, 1.807) is 24.3 Å². The molecule has 0 aliphatic carbocycles. The van der Waals surface area contributed by atoms with Gasteiger partial charge >= 0.3 is 0 Å². The first-order valence-corrected chi connectivity index (χ1v) is 8.47. The van der Waals surface area contributed by atoms with E-state index in [0.717, 1.165) is 25.7 Å². The molecule has 0 radical (unpaired) electrons. The molecule has 2 fully saturated rings. The lowest BCUT2D eigenvalue weighted by atomic mass is 10.0. The molecule has 2 unspecified atom stereocenters. The highest BCUT2D eigenvalue weighted by Crippen LogP contribution is 2.28. The van der Waals surface area contributed by atoms with Gasteiger partial charge in [0, 0.05) is 24.2 Å². The van der Waals surface area contributed by atoms with Gasteiger partial charge in [-0.05, 0) is 37.8 Å². The number of rotatable bonds is 4. The van der Waals surface area contributed by atoms with Gasteiger partial charge < -0.3 is 10.1 Å². The van der Waals surface area contributed by atoms with Gasteiger partial charge in [-0.3, -0.25) is 0 Å². The molecular formula is C14H20N2O3S. The molecular weight excluding hydrogens is 276 g/mol. The lowest BCUT2D eigenvalue weighted by molar-refractivity contribution is 0.345. The molecule has 20 heavy (non-hydrogen) atoms. The van der Waals surface area contributed by atoms with E-state index in [-0.39, 0.29) is 10.9 Å². The number of methoxy groups -OCH3 is 1. The second-order valence-electron chi connectivity index (χ2n) is 5.61. The average molecular weight is 296 g/mol. The molecule has 0 amide bonds. The molecule has 2 aliphatic rings. The highest BCUT2D eigenvalue weighted by Gasteiger charge is 2.35. The Kier molecular flexibility index (Phi) is 3.70. The zero-order valence-electron chi connectivity index (χ0n) is 11.5. The fraction of sp³-hybridized carbons (Fsp3) is 0.571. The van der Waals surface area contributed by atoms with Crippen molar-refractivity contribution in [1.82, 2.24) is 10.0 Å². The van der Waals surface area contributed by atoms with Crippen molar-refractivity contribution < 1.29 is 13.2 Å². The van der Waals surface area contributed by atoms with E-state index in [1.807, 2.05) is 0 Å². The maximum absolute atomic E-state index is 12.4. The summed E-state index contributed by atoms with van der Waals surface area (Å²) in [5, 5.41) is 3.51. The summed E-state index contributed by atoms with van der Waals surface area (Å²) < 4.78 is 32.8. The molecule has 2 atom stereocenters. The van der Waals surface area contributed by atoms with Crippen LogP contribution in [0.3, 0.4) is 0 Å². The molecule has 110 valence electrons. The van der Waals surface area contributed by atoms with Gasteiger partial charge in [-0.1, -0.05) is 6.07 Å². The molecule has 2 saturated heterocycles. The third-order valence-corrected chi connectivity index (χ3v) is 5.66. The van der Waals surface area contributed by atoms with Crippen LogP contribution in [0.15, 0.2) is 29.2 Å². The normalized spacial score (nSPS) is 29.4. The molecule has 1 aromatic rings. The Balaban J connectivity index is 1.75. The number of fused-ring (bicyclic) bond motifs is 2. The van der Waals surface area contributed by atoms with E-state index in [1.165, 1.54) is 7.11 Å². The lowest BCUT2D eigenvalue weighted by Crippen LogP contribution is -2.47. The highest BCUT2D eigenvalue weighted by atomic mass is 32.2. The maximum Gasteiger partial charge on any atom is 0.240 e. The molecule has 3 rings (SSSR count). The summed E-state index contributed by atoms with van der Waals surface area (Å²) in [7, 11) is -1.94. The molecule has 2 aliphatic heterocycles. The topological polar surface area (TPSA) is 67.4 Å². The lowest BCUT2D eigenvalue weighted by Gasteiger charge is -2.29. The van der Waals surface area contributed by atoms with Crippen molar-refractivity contribution >= 4 is 10.0 Å². The SMILES string of the molecule is COc1cccc(S(=O)(=O)NC2CC3CCC(C2)N3)c1. The number of nitrogens with one attached hydrogen (secondary N) is 2. The molecule has 0 spiro atoms. The Morgan fingerprint density at radius 1 is 1.25 bits per heavy atom. The second-order valence-corrected chi connectivity index (χ2v) is 7.32. The first kappa shape index (κ1) is 13.9. The van der Waals surface area contributed by atoms with Gasteiger partial charge in [0.1, 0.15) is 5.75 Å². The summed E-state index contributed by atoms with van der Waals surface area (Å²) >= 11 is 0. The van der Waals surface area contributed by atoms with Crippen molar-refractivity contribution in [3.05, 3.63) is 24.3 Å². The van der Waals surface area contributed by atoms with Crippen molar-refractivity contribution in [2.24, 2.45) is 0 Å². The van der Waals surface area contributed by atoms with Crippen LogP contribution in [0.25, 0.3) is 0 Å². The van der Waals surface area contributed by atoms with Crippen LogP contribution in [0.2, 0.25) is 0 Å². The van der Waals surface area contributed by atoms with E-state index in [4.69, 9.17) is 4.74 Å². The van der Waals surface area contributed by atoms with Crippen molar-refractivity contribution in [2.75, 3.05) is 7.11 Å². The van der Waals surface area contributed by atoms with Crippen LogP contribution in [0.4, 0.5) is 0 Å². The summed E-state index contributed by atoms with van der Waals surface area (Å²) in [5.41, 5.74) is 0. The summed E-state index contributed by atoms with van der Waals surface area (Å²) in [6, 6.07) is 7.55. The highest BCUT2D eigenvalue weighted by molar-refractivity contribution is 7.89. The minimum atomic E-state index is -3.47. The van der Waals surface area contributed by atoms with E-state index >= 15 is 0 Å². The third-order valence-electron chi connectivity index (χ3n) is 4.15. The summed E-state index contributed by atoms with van der Waals surface area (Å²) in [4.78, 5) is 0.266. The Bertz CT molecular complexity index is 576. The van der Waals surface area contributed by atoms with Crippen LogP contribution >= 0.6 is 0 Å². The summed E-state index contributed by atoms with van der Waals surface area (Å²) in [6.07, 6.45) is 4.06. The number of hydrogen-bond acceptors (Lipinski definition) is 4. The number of benzene rings is 1. The first-order valence-electron chi connectivity index (χ1n) is 6.99. The van der Waals surface area contributed by atoms with Crippen molar-refractivity contribution in [3.63, 3.8) is 0 Å². The third kappa shape index (κ3) is 2.82. The van der Waals surface area contributed by atoms with Crippen LogP contribution in [0.5, 0.6) is 5.75 Å². The minimum Gasteiger partial charge on any atom is -0.497 e. The zero-order chi connectivity index (χ0) is 14.2. The van der Waals surface area contributed by atoms with Crippen molar-refractivity contribution in [3.8, 4) is 5.75 Å². The van der Waals surface area contributed by atoms with Crippen molar-refractivity contribution in [2.45, 2.75) is 48.7 Å². The standard InChI is InChI=1S/C14H20N2O3S/c1-19-13-3-2-4-14(9-13)20(17,18)16-12-7-10-5-6-11(8-12)15-10/h2-4,9-12,15-16H,5-8H2,1H3. The number of piperidine rings is 1. The Hall–Kier alpha value is -1.11. The maximum atomic E-state index is 12.4. The van der Waals surface area contributed by atoms with E-state index < -0.39 is 10.0 Å². The monoisotopic (exact) mass is 296 g/mol. The average Bonchev–Trinajstić information content (AvgIpc) is 2.77. The fourth-order valence-electron chi connectivity index (χ4n) is 3.21. The fourth-order valence-corrected chi connectivity index (χ4v) is 4.51. The molecule has 2 heterocycles. The van der Waals surface area contributed by atoms with Gasteiger partial charge in [0.2, 0.25) is 10.0 Å². The van der Waals surface area contributed by atoms with Gasteiger partial charge in [0.05, 0.1) is 12.0 Å². The van der Waals surface area contributed by atoms with Crippen LogP contribution < -0.4 is 14.8 Å². The minimum absolute atomic E-state index is 0.0324. The van der Waals surface area contributed by atoms with Gasteiger partial charge in [0.15, 0.2) is 0 Å². The Morgan fingerprint density at radius 3 is 2.60 bits per heavy atom. The van der Waals surface area contributed by atoms with E-state index in [9.17, 15) is 8.42 Å². The molecule has 6 heteroatoms. The van der Waals surface area contributed by atoms with Crippen LogP contribution in [0, 0.1) is 0 Å². The summed E-state index contributed by atoms with van der Waals surface area (Å²) in [5.74, 6) is 0.554. The molecule has 0 aromatic heterocycles. The van der Waals surface area contributed by atoms with Gasteiger partial charge in [-0.15, -0.1) is 0 Å². The Morgan fingerprint density at radius 2 is 1.95 bits per heavy atom. The van der Waals surface area contributed by atoms with E-state index in [0.29, 0.717) is 17.8 Å².